The Morgan fingerprint density at radius 3 is 2.95 bits per heavy atom. The Bertz CT molecular complexity index is 482. The maximum Gasteiger partial charge on any atom is 0.249 e. The summed E-state index contributed by atoms with van der Waals surface area (Å²) >= 11 is 0. The third-order valence-electron chi connectivity index (χ3n) is 3.33. The second-order valence-electron chi connectivity index (χ2n) is 4.57. The van der Waals surface area contributed by atoms with Crippen molar-refractivity contribution in [2.45, 2.75) is 25.8 Å². The summed E-state index contributed by atoms with van der Waals surface area (Å²) in [6, 6.07) is -0.471. The minimum atomic E-state index is -0.471. The van der Waals surface area contributed by atoms with Gasteiger partial charge in [-0.3, -0.25) is 20.3 Å². The van der Waals surface area contributed by atoms with Crippen molar-refractivity contribution in [3.05, 3.63) is 24.0 Å². The number of imide groups is 1. The van der Waals surface area contributed by atoms with Crippen LogP contribution in [0.15, 0.2) is 24.0 Å². The predicted octanol–water partition coefficient (Wildman–Crippen LogP) is 0.561. The summed E-state index contributed by atoms with van der Waals surface area (Å²) in [5, 5.41) is 10.5. The lowest BCUT2D eigenvalue weighted by Gasteiger charge is -2.38. The molecule has 2 saturated heterocycles. The fourth-order valence-electron chi connectivity index (χ4n) is 2.24. The van der Waals surface area contributed by atoms with Crippen LogP contribution in [0.5, 0.6) is 0 Å². The van der Waals surface area contributed by atoms with Gasteiger partial charge in [0.2, 0.25) is 11.8 Å². The van der Waals surface area contributed by atoms with Gasteiger partial charge in [0.05, 0.1) is 6.54 Å². The number of amidine groups is 1. The van der Waals surface area contributed by atoms with E-state index in [0.29, 0.717) is 31.8 Å². The molecular formula is C13H17N3O3. The highest BCUT2D eigenvalue weighted by molar-refractivity contribution is 6.04. The molecule has 2 rings (SSSR count). The van der Waals surface area contributed by atoms with Crippen molar-refractivity contribution in [1.29, 1.82) is 5.41 Å². The molecule has 2 amide bonds. The van der Waals surface area contributed by atoms with Crippen molar-refractivity contribution in [2.24, 2.45) is 0 Å². The molecule has 102 valence electrons. The van der Waals surface area contributed by atoms with E-state index in [2.05, 4.69) is 11.9 Å². The first-order valence-corrected chi connectivity index (χ1v) is 6.20. The van der Waals surface area contributed by atoms with Crippen LogP contribution in [0.4, 0.5) is 0 Å². The number of piperidine rings is 1. The van der Waals surface area contributed by atoms with Gasteiger partial charge in [-0.05, 0) is 18.9 Å². The molecule has 0 aromatic heterocycles. The van der Waals surface area contributed by atoms with Gasteiger partial charge in [-0.25, -0.2) is 0 Å². The van der Waals surface area contributed by atoms with Crippen LogP contribution in [0.1, 0.15) is 19.8 Å². The molecule has 0 radical (unpaired) electrons. The Labute approximate surface area is 111 Å². The predicted molar refractivity (Wildman–Crippen MR) is 69.5 cm³/mol. The summed E-state index contributed by atoms with van der Waals surface area (Å²) in [5.41, 5.74) is 0.766. The van der Waals surface area contributed by atoms with Crippen LogP contribution in [0.3, 0.4) is 0 Å². The Hall–Kier alpha value is -2.11. The van der Waals surface area contributed by atoms with E-state index in [1.54, 1.807) is 11.0 Å². The molecule has 1 atom stereocenters. The van der Waals surface area contributed by atoms with Gasteiger partial charge in [0.1, 0.15) is 12.6 Å². The minimum absolute atomic E-state index is 0.179. The maximum atomic E-state index is 11.8. The topological polar surface area (TPSA) is 82.5 Å². The van der Waals surface area contributed by atoms with E-state index < -0.39 is 6.04 Å². The van der Waals surface area contributed by atoms with E-state index >= 15 is 0 Å². The highest BCUT2D eigenvalue weighted by Crippen LogP contribution is 2.21. The normalized spacial score (nSPS) is 26.7. The first-order chi connectivity index (χ1) is 9.04. The maximum absolute atomic E-state index is 11.8. The average Bonchev–Trinajstić information content (AvgIpc) is 2.39. The molecule has 0 aromatic rings. The fourth-order valence-corrected chi connectivity index (χ4v) is 2.24. The second-order valence-corrected chi connectivity index (χ2v) is 4.57. The molecule has 0 spiro atoms. The standard InChI is InChI=1S/C13H17N3O3/c1-3-8(2)11-12(14)16(6-7-19-11)9-4-5-10(17)15-13(9)18/h3,9,14H,1,4-7H2,2H3,(H,15,17,18)/b11-8+,14-12?. The second kappa shape index (κ2) is 5.26. The Morgan fingerprint density at radius 2 is 2.32 bits per heavy atom. The summed E-state index contributed by atoms with van der Waals surface area (Å²) in [4.78, 5) is 24.7. The van der Waals surface area contributed by atoms with Gasteiger partial charge in [-0.1, -0.05) is 12.7 Å². The average molecular weight is 263 g/mol. The summed E-state index contributed by atoms with van der Waals surface area (Å²) in [6.45, 7) is 6.35. The lowest BCUT2D eigenvalue weighted by Crippen LogP contribution is -2.56. The first kappa shape index (κ1) is 13.3. The van der Waals surface area contributed by atoms with Gasteiger partial charge in [0, 0.05) is 6.42 Å². The van der Waals surface area contributed by atoms with Gasteiger partial charge in [-0.15, -0.1) is 0 Å². The fraction of sp³-hybridized carbons (Fsp3) is 0.462. The van der Waals surface area contributed by atoms with Crippen molar-refractivity contribution in [3.63, 3.8) is 0 Å². The number of rotatable bonds is 2. The Kier molecular flexibility index (Phi) is 3.69. The molecule has 2 aliphatic heterocycles. The molecule has 2 fully saturated rings. The molecule has 19 heavy (non-hydrogen) atoms. The monoisotopic (exact) mass is 263 g/mol. The molecule has 1 unspecified atom stereocenters. The van der Waals surface area contributed by atoms with Crippen molar-refractivity contribution in [3.8, 4) is 0 Å². The van der Waals surface area contributed by atoms with E-state index in [4.69, 9.17) is 10.1 Å². The number of amides is 2. The number of nitrogens with one attached hydrogen (secondary N) is 2. The Morgan fingerprint density at radius 1 is 1.58 bits per heavy atom. The number of morpholine rings is 1. The zero-order chi connectivity index (χ0) is 14.0. The highest BCUT2D eigenvalue weighted by atomic mass is 16.5. The molecule has 0 bridgehead atoms. The van der Waals surface area contributed by atoms with Crippen LogP contribution < -0.4 is 5.32 Å². The quantitative estimate of drug-likeness (QED) is 0.713. The van der Waals surface area contributed by atoms with Crippen LogP contribution in [-0.4, -0.2) is 41.7 Å². The number of allylic oxidation sites excluding steroid dienone is 2. The van der Waals surface area contributed by atoms with Gasteiger partial charge in [-0.2, -0.15) is 0 Å². The van der Waals surface area contributed by atoms with Crippen LogP contribution >= 0.6 is 0 Å². The van der Waals surface area contributed by atoms with Gasteiger partial charge in [0.15, 0.2) is 11.6 Å². The van der Waals surface area contributed by atoms with Gasteiger partial charge < -0.3 is 9.64 Å². The zero-order valence-electron chi connectivity index (χ0n) is 10.9. The molecule has 6 heteroatoms. The van der Waals surface area contributed by atoms with Gasteiger partial charge in [0.25, 0.3) is 0 Å². The zero-order valence-corrected chi connectivity index (χ0v) is 10.9. The van der Waals surface area contributed by atoms with E-state index in [9.17, 15) is 9.59 Å². The number of ether oxygens (including phenoxy) is 1. The molecule has 2 N–H and O–H groups in total. The van der Waals surface area contributed by atoms with Crippen LogP contribution in [0.2, 0.25) is 0 Å². The van der Waals surface area contributed by atoms with Crippen molar-refractivity contribution < 1.29 is 14.3 Å². The number of hydrogen-bond acceptors (Lipinski definition) is 4. The Balaban J connectivity index is 2.21. The summed E-state index contributed by atoms with van der Waals surface area (Å²) in [6.07, 6.45) is 2.37. The molecule has 2 aliphatic rings. The summed E-state index contributed by atoms with van der Waals surface area (Å²) in [7, 11) is 0. The third-order valence-corrected chi connectivity index (χ3v) is 3.33. The summed E-state index contributed by atoms with van der Waals surface area (Å²) in [5.74, 6) is 0.0432. The lowest BCUT2D eigenvalue weighted by atomic mass is 10.0. The highest BCUT2D eigenvalue weighted by Gasteiger charge is 2.36. The van der Waals surface area contributed by atoms with E-state index in [1.807, 2.05) is 6.92 Å². The first-order valence-electron chi connectivity index (χ1n) is 6.20. The largest absolute Gasteiger partial charge is 0.488 e. The molecule has 0 saturated carbocycles. The van der Waals surface area contributed by atoms with Crippen LogP contribution in [0.25, 0.3) is 0 Å². The van der Waals surface area contributed by atoms with Crippen molar-refractivity contribution in [1.82, 2.24) is 10.2 Å². The lowest BCUT2D eigenvalue weighted by molar-refractivity contribution is -0.136. The smallest absolute Gasteiger partial charge is 0.249 e. The van der Waals surface area contributed by atoms with Gasteiger partial charge >= 0.3 is 0 Å². The number of carbonyl (C=O) groups is 2. The molecule has 2 heterocycles. The number of hydrogen-bond donors (Lipinski definition) is 2. The van der Waals surface area contributed by atoms with Crippen LogP contribution in [0, 0.1) is 5.41 Å². The molecule has 0 aliphatic carbocycles. The van der Waals surface area contributed by atoms with E-state index in [0.717, 1.165) is 5.57 Å². The summed E-state index contributed by atoms with van der Waals surface area (Å²) < 4.78 is 5.46. The SMILES string of the molecule is C=C/C(C)=C1/OCCN(C2CCC(=O)NC2=O)C1=N. The minimum Gasteiger partial charge on any atom is -0.488 e. The number of carbonyl (C=O) groups excluding carboxylic acids is 2. The third kappa shape index (κ3) is 2.52. The number of nitrogens with zero attached hydrogens (tertiary/aromatic N) is 1. The molecule has 6 nitrogen and oxygen atoms in total. The van der Waals surface area contributed by atoms with Crippen molar-refractivity contribution >= 4 is 17.6 Å². The van der Waals surface area contributed by atoms with E-state index in [-0.39, 0.29) is 17.6 Å². The molecule has 0 aromatic carbocycles. The van der Waals surface area contributed by atoms with Crippen LogP contribution in [-0.2, 0) is 14.3 Å². The van der Waals surface area contributed by atoms with Crippen molar-refractivity contribution in [2.75, 3.05) is 13.2 Å². The molecular weight excluding hydrogens is 246 g/mol. The van der Waals surface area contributed by atoms with E-state index in [1.165, 1.54) is 0 Å².